The number of nitrogens with one attached hydrogen (secondary N) is 1. The second-order valence-corrected chi connectivity index (χ2v) is 6.69. The van der Waals surface area contributed by atoms with Gasteiger partial charge in [0.2, 0.25) is 0 Å². The standard InChI is InChI=1S/C16H32N2/c1-2-13-7-10-15(11-8-13)16(18-17)12-9-14-5-3-4-6-14/h13-16,18H,2-12,17H2,1H3. The monoisotopic (exact) mass is 252 g/mol. The number of nitrogens with two attached hydrogens (primary N) is 1. The van der Waals surface area contributed by atoms with E-state index >= 15 is 0 Å². The van der Waals surface area contributed by atoms with Crippen LogP contribution >= 0.6 is 0 Å². The van der Waals surface area contributed by atoms with Gasteiger partial charge in [0.15, 0.2) is 0 Å². The Morgan fingerprint density at radius 3 is 2.22 bits per heavy atom. The summed E-state index contributed by atoms with van der Waals surface area (Å²) in [4.78, 5) is 0. The zero-order chi connectivity index (χ0) is 12.8. The Morgan fingerprint density at radius 2 is 1.67 bits per heavy atom. The Labute approximate surface area is 113 Å². The van der Waals surface area contributed by atoms with Crippen LogP contribution in [0, 0.1) is 17.8 Å². The summed E-state index contributed by atoms with van der Waals surface area (Å²) >= 11 is 0. The van der Waals surface area contributed by atoms with Crippen molar-refractivity contribution in [3.63, 3.8) is 0 Å². The summed E-state index contributed by atoms with van der Waals surface area (Å²) in [6, 6.07) is 0.586. The molecule has 18 heavy (non-hydrogen) atoms. The van der Waals surface area contributed by atoms with Crippen molar-refractivity contribution in [2.45, 2.75) is 83.6 Å². The van der Waals surface area contributed by atoms with Crippen molar-refractivity contribution in [1.29, 1.82) is 0 Å². The first-order chi connectivity index (χ1) is 8.83. The highest BCUT2D eigenvalue weighted by Crippen LogP contribution is 2.35. The molecular weight excluding hydrogens is 220 g/mol. The number of hydrogen-bond acceptors (Lipinski definition) is 2. The number of hydrogen-bond donors (Lipinski definition) is 2. The first-order valence-corrected chi connectivity index (χ1v) is 8.29. The molecule has 0 bridgehead atoms. The van der Waals surface area contributed by atoms with E-state index in [0.717, 1.165) is 17.8 Å². The van der Waals surface area contributed by atoms with Gasteiger partial charge in [-0.3, -0.25) is 11.3 Å². The third kappa shape index (κ3) is 3.96. The Kier molecular flexibility index (Phi) is 5.97. The average molecular weight is 252 g/mol. The SMILES string of the molecule is CCC1CCC(C(CCC2CCCC2)NN)CC1. The van der Waals surface area contributed by atoms with Crippen LogP contribution in [0.15, 0.2) is 0 Å². The van der Waals surface area contributed by atoms with E-state index in [4.69, 9.17) is 5.84 Å². The second kappa shape index (κ2) is 7.49. The van der Waals surface area contributed by atoms with E-state index < -0.39 is 0 Å². The molecule has 0 radical (unpaired) electrons. The lowest BCUT2D eigenvalue weighted by atomic mass is 9.76. The third-order valence-corrected chi connectivity index (χ3v) is 5.61. The van der Waals surface area contributed by atoms with Crippen molar-refractivity contribution in [3.05, 3.63) is 0 Å². The van der Waals surface area contributed by atoms with E-state index in [1.54, 1.807) is 0 Å². The van der Waals surface area contributed by atoms with Crippen molar-refractivity contribution in [3.8, 4) is 0 Å². The smallest absolute Gasteiger partial charge is 0.0238 e. The van der Waals surface area contributed by atoms with Gasteiger partial charge in [0.1, 0.15) is 0 Å². The molecule has 0 amide bonds. The highest BCUT2D eigenvalue weighted by Gasteiger charge is 2.27. The third-order valence-electron chi connectivity index (χ3n) is 5.61. The summed E-state index contributed by atoms with van der Waals surface area (Å²) in [7, 11) is 0. The molecule has 2 nitrogen and oxygen atoms in total. The molecule has 2 saturated carbocycles. The van der Waals surface area contributed by atoms with Crippen LogP contribution in [0.2, 0.25) is 0 Å². The summed E-state index contributed by atoms with van der Waals surface area (Å²) in [5.74, 6) is 8.65. The van der Waals surface area contributed by atoms with Gasteiger partial charge in [0.25, 0.3) is 0 Å². The van der Waals surface area contributed by atoms with E-state index in [1.165, 1.54) is 70.6 Å². The van der Waals surface area contributed by atoms with Gasteiger partial charge in [-0.15, -0.1) is 0 Å². The van der Waals surface area contributed by atoms with Crippen LogP contribution in [-0.4, -0.2) is 6.04 Å². The fraction of sp³-hybridized carbons (Fsp3) is 1.00. The first kappa shape index (κ1) is 14.3. The fourth-order valence-corrected chi connectivity index (χ4v) is 4.17. The van der Waals surface area contributed by atoms with Gasteiger partial charge in [0.05, 0.1) is 0 Å². The lowest BCUT2D eigenvalue weighted by molar-refractivity contribution is 0.205. The maximum Gasteiger partial charge on any atom is 0.0238 e. The molecule has 0 aliphatic heterocycles. The van der Waals surface area contributed by atoms with Gasteiger partial charge in [-0.25, -0.2) is 0 Å². The summed E-state index contributed by atoms with van der Waals surface area (Å²) in [5.41, 5.74) is 3.13. The molecule has 3 N–H and O–H groups in total. The predicted octanol–water partition coefficient (Wildman–Crippen LogP) is 4.01. The summed E-state index contributed by atoms with van der Waals surface area (Å²) in [5, 5.41) is 0. The van der Waals surface area contributed by atoms with E-state index in [1.807, 2.05) is 0 Å². The Balaban J connectivity index is 1.70. The molecule has 1 atom stereocenters. The van der Waals surface area contributed by atoms with Crippen molar-refractivity contribution in [2.75, 3.05) is 0 Å². The molecule has 0 aromatic heterocycles. The lowest BCUT2D eigenvalue weighted by Crippen LogP contribution is -2.42. The highest BCUT2D eigenvalue weighted by atomic mass is 15.2. The molecule has 1 unspecified atom stereocenters. The molecule has 2 aliphatic carbocycles. The summed E-state index contributed by atoms with van der Waals surface area (Å²) in [6.45, 7) is 2.34. The Hall–Kier alpha value is -0.0800. The molecule has 0 aromatic rings. The largest absolute Gasteiger partial charge is 0.271 e. The van der Waals surface area contributed by atoms with Crippen LogP contribution in [0.1, 0.15) is 77.6 Å². The average Bonchev–Trinajstić information content (AvgIpc) is 2.93. The van der Waals surface area contributed by atoms with Crippen molar-refractivity contribution in [1.82, 2.24) is 5.43 Å². The Morgan fingerprint density at radius 1 is 1.00 bits per heavy atom. The minimum absolute atomic E-state index is 0.586. The quantitative estimate of drug-likeness (QED) is 0.554. The molecule has 0 saturated heterocycles. The van der Waals surface area contributed by atoms with Crippen LogP contribution in [0.4, 0.5) is 0 Å². The molecule has 0 heterocycles. The lowest BCUT2D eigenvalue weighted by Gasteiger charge is -2.33. The number of rotatable bonds is 6. The molecule has 2 heteroatoms. The van der Waals surface area contributed by atoms with Crippen molar-refractivity contribution in [2.24, 2.45) is 23.6 Å². The fourth-order valence-electron chi connectivity index (χ4n) is 4.17. The van der Waals surface area contributed by atoms with Crippen LogP contribution in [0.5, 0.6) is 0 Å². The molecule has 106 valence electrons. The van der Waals surface area contributed by atoms with Crippen molar-refractivity contribution < 1.29 is 0 Å². The molecule has 0 spiro atoms. The van der Waals surface area contributed by atoms with Crippen LogP contribution < -0.4 is 11.3 Å². The van der Waals surface area contributed by atoms with E-state index in [0.29, 0.717) is 6.04 Å². The molecule has 2 fully saturated rings. The van der Waals surface area contributed by atoms with Crippen LogP contribution in [0.3, 0.4) is 0 Å². The molecule has 2 rings (SSSR count). The van der Waals surface area contributed by atoms with Gasteiger partial charge in [-0.2, -0.15) is 0 Å². The normalized spacial score (nSPS) is 31.7. The topological polar surface area (TPSA) is 38.0 Å². The highest BCUT2D eigenvalue weighted by molar-refractivity contribution is 4.81. The van der Waals surface area contributed by atoms with Crippen LogP contribution in [-0.2, 0) is 0 Å². The van der Waals surface area contributed by atoms with Crippen molar-refractivity contribution >= 4 is 0 Å². The molecule has 2 aliphatic rings. The summed E-state index contributed by atoms with van der Waals surface area (Å²) < 4.78 is 0. The van der Waals surface area contributed by atoms with E-state index in [-0.39, 0.29) is 0 Å². The van der Waals surface area contributed by atoms with Gasteiger partial charge in [-0.05, 0) is 43.4 Å². The maximum atomic E-state index is 5.81. The molecule has 0 aromatic carbocycles. The minimum atomic E-state index is 0.586. The maximum absolute atomic E-state index is 5.81. The Bertz CT molecular complexity index is 215. The van der Waals surface area contributed by atoms with Crippen LogP contribution in [0.25, 0.3) is 0 Å². The summed E-state index contributed by atoms with van der Waals surface area (Å²) in [6.07, 6.45) is 15.6. The number of hydrazine groups is 1. The van der Waals surface area contributed by atoms with Gasteiger partial charge in [-0.1, -0.05) is 51.9 Å². The second-order valence-electron chi connectivity index (χ2n) is 6.69. The van der Waals surface area contributed by atoms with E-state index in [2.05, 4.69) is 12.3 Å². The first-order valence-electron chi connectivity index (χ1n) is 8.29. The van der Waals surface area contributed by atoms with Gasteiger partial charge < -0.3 is 0 Å². The van der Waals surface area contributed by atoms with Gasteiger partial charge in [0, 0.05) is 6.04 Å². The minimum Gasteiger partial charge on any atom is -0.271 e. The van der Waals surface area contributed by atoms with Gasteiger partial charge >= 0.3 is 0 Å². The predicted molar refractivity (Wildman–Crippen MR) is 78.0 cm³/mol. The van der Waals surface area contributed by atoms with E-state index in [9.17, 15) is 0 Å². The molecular formula is C16H32N2. The zero-order valence-corrected chi connectivity index (χ0v) is 12.2. The zero-order valence-electron chi connectivity index (χ0n) is 12.2.